The van der Waals surface area contributed by atoms with Crippen LogP contribution in [0.4, 0.5) is 0 Å². The van der Waals surface area contributed by atoms with Crippen LogP contribution < -0.4 is 0 Å². The van der Waals surface area contributed by atoms with E-state index in [4.69, 9.17) is 4.52 Å². The lowest BCUT2D eigenvalue weighted by Crippen LogP contribution is -1.90. The summed E-state index contributed by atoms with van der Waals surface area (Å²) in [5, 5.41) is 13.9. The molecule has 3 rings (SSSR count). The van der Waals surface area contributed by atoms with Gasteiger partial charge >= 0.3 is 0 Å². The van der Waals surface area contributed by atoms with E-state index in [-0.39, 0.29) is 6.61 Å². The molecule has 1 aromatic heterocycles. The molecule has 21 heavy (non-hydrogen) atoms. The van der Waals surface area contributed by atoms with Gasteiger partial charge in [-0.2, -0.15) is 0 Å². The minimum Gasteiger partial charge on any atom is -0.391 e. The second-order valence-corrected chi connectivity index (χ2v) is 6.26. The smallest absolute Gasteiger partial charge is 0.173 e. The molecule has 3 aromatic rings. The highest BCUT2D eigenvalue weighted by atomic mass is 79.9. The van der Waals surface area contributed by atoms with Gasteiger partial charge in [-0.25, -0.2) is 0 Å². The van der Waals surface area contributed by atoms with Crippen molar-refractivity contribution in [1.82, 2.24) is 5.16 Å². The van der Waals surface area contributed by atoms with E-state index in [0.29, 0.717) is 17.0 Å². The molecule has 0 spiro atoms. The number of aliphatic hydroxyl groups excluding tert-OH is 1. The van der Waals surface area contributed by atoms with Crippen LogP contribution in [0.2, 0.25) is 0 Å². The Morgan fingerprint density at radius 3 is 2.57 bits per heavy atom. The average molecular weight is 409 g/mol. The molecule has 0 aliphatic carbocycles. The minimum atomic E-state index is -0.137. The lowest BCUT2D eigenvalue weighted by Gasteiger charge is -2.03. The summed E-state index contributed by atoms with van der Waals surface area (Å²) in [5.41, 5.74) is 3.10. The molecule has 0 saturated carbocycles. The first-order valence-electron chi connectivity index (χ1n) is 6.31. The lowest BCUT2D eigenvalue weighted by atomic mass is 10.0. The maximum atomic E-state index is 9.74. The van der Waals surface area contributed by atoms with Gasteiger partial charge in [-0.3, -0.25) is 0 Å². The third kappa shape index (κ3) is 2.81. The summed E-state index contributed by atoms with van der Waals surface area (Å²) < 4.78 is 7.34. The molecular weight excluding hydrogens is 398 g/mol. The third-order valence-corrected chi connectivity index (χ3v) is 4.35. The highest BCUT2D eigenvalue weighted by molar-refractivity contribution is 9.10. The average Bonchev–Trinajstić information content (AvgIpc) is 2.91. The molecular formula is C16H11Br2NO2. The Morgan fingerprint density at radius 1 is 1.05 bits per heavy atom. The van der Waals surface area contributed by atoms with Gasteiger partial charge in [-0.15, -0.1) is 0 Å². The number of aliphatic hydroxyl groups is 1. The third-order valence-electron chi connectivity index (χ3n) is 3.16. The van der Waals surface area contributed by atoms with Crippen LogP contribution in [0.5, 0.6) is 0 Å². The second kappa shape index (κ2) is 6.13. The van der Waals surface area contributed by atoms with Crippen LogP contribution in [0.15, 0.2) is 62.0 Å². The summed E-state index contributed by atoms with van der Waals surface area (Å²) >= 11 is 6.94. The Hall–Kier alpha value is -1.43. The van der Waals surface area contributed by atoms with Crippen molar-refractivity contribution in [3.8, 4) is 22.6 Å². The van der Waals surface area contributed by atoms with Crippen molar-refractivity contribution >= 4 is 31.9 Å². The molecule has 0 saturated heterocycles. The molecule has 2 aromatic carbocycles. The van der Waals surface area contributed by atoms with Gasteiger partial charge < -0.3 is 9.63 Å². The molecule has 0 aliphatic rings. The molecule has 1 heterocycles. The van der Waals surface area contributed by atoms with Gasteiger partial charge in [0.1, 0.15) is 5.69 Å². The van der Waals surface area contributed by atoms with Gasteiger partial charge in [-0.1, -0.05) is 67.3 Å². The molecule has 0 radical (unpaired) electrons. The standard InChI is InChI=1S/C16H11Br2NO2/c17-11-5-3-4-10(8-11)16-13(9-20)15(19-21-16)12-6-1-2-7-14(12)18/h1-8,20H,9H2. The van der Waals surface area contributed by atoms with Crippen molar-refractivity contribution in [2.45, 2.75) is 6.61 Å². The number of hydrogen-bond acceptors (Lipinski definition) is 3. The minimum absolute atomic E-state index is 0.137. The predicted octanol–water partition coefficient (Wildman–Crippen LogP) is 5.03. The predicted molar refractivity (Wildman–Crippen MR) is 88.7 cm³/mol. The van der Waals surface area contributed by atoms with Gasteiger partial charge in [0.2, 0.25) is 0 Å². The maximum Gasteiger partial charge on any atom is 0.173 e. The van der Waals surface area contributed by atoms with Crippen molar-refractivity contribution in [2.24, 2.45) is 0 Å². The first kappa shape index (κ1) is 14.5. The molecule has 0 atom stereocenters. The molecule has 0 unspecified atom stereocenters. The molecule has 0 bridgehead atoms. The first-order chi connectivity index (χ1) is 10.2. The van der Waals surface area contributed by atoms with E-state index in [2.05, 4.69) is 37.0 Å². The van der Waals surface area contributed by atoms with Crippen LogP contribution in [0.1, 0.15) is 5.56 Å². The molecule has 3 nitrogen and oxygen atoms in total. The Morgan fingerprint density at radius 2 is 1.86 bits per heavy atom. The number of aromatic nitrogens is 1. The van der Waals surface area contributed by atoms with Crippen LogP contribution in [0, 0.1) is 0 Å². The van der Waals surface area contributed by atoms with Gasteiger partial charge in [0.05, 0.1) is 12.2 Å². The van der Waals surface area contributed by atoms with E-state index in [1.54, 1.807) is 0 Å². The summed E-state index contributed by atoms with van der Waals surface area (Å²) in [5.74, 6) is 0.588. The van der Waals surface area contributed by atoms with E-state index >= 15 is 0 Å². The molecule has 0 aliphatic heterocycles. The van der Waals surface area contributed by atoms with E-state index < -0.39 is 0 Å². The number of rotatable bonds is 3. The van der Waals surface area contributed by atoms with E-state index in [9.17, 15) is 5.11 Å². The fourth-order valence-electron chi connectivity index (χ4n) is 2.18. The van der Waals surface area contributed by atoms with E-state index in [1.165, 1.54) is 0 Å². The van der Waals surface area contributed by atoms with Crippen LogP contribution >= 0.6 is 31.9 Å². The summed E-state index contributed by atoms with van der Waals surface area (Å²) in [6, 6.07) is 15.4. The quantitative estimate of drug-likeness (QED) is 0.661. The molecule has 0 fully saturated rings. The van der Waals surface area contributed by atoms with Crippen LogP contribution in [-0.2, 0) is 6.61 Å². The summed E-state index contributed by atoms with van der Waals surface area (Å²) in [6.07, 6.45) is 0. The van der Waals surface area contributed by atoms with Crippen LogP contribution in [-0.4, -0.2) is 10.3 Å². The Balaban J connectivity index is 2.16. The summed E-state index contributed by atoms with van der Waals surface area (Å²) in [6.45, 7) is -0.137. The van der Waals surface area contributed by atoms with Crippen LogP contribution in [0.3, 0.4) is 0 Å². The monoisotopic (exact) mass is 407 g/mol. The van der Waals surface area contributed by atoms with E-state index in [1.807, 2.05) is 48.5 Å². The van der Waals surface area contributed by atoms with E-state index in [0.717, 1.165) is 20.1 Å². The van der Waals surface area contributed by atoms with Crippen molar-refractivity contribution in [2.75, 3.05) is 0 Å². The Kier molecular flexibility index (Phi) is 4.24. The Bertz CT molecular complexity index is 783. The van der Waals surface area contributed by atoms with Gasteiger partial charge in [0.15, 0.2) is 5.76 Å². The lowest BCUT2D eigenvalue weighted by molar-refractivity contribution is 0.281. The van der Waals surface area contributed by atoms with Gasteiger partial charge in [-0.05, 0) is 18.2 Å². The zero-order valence-electron chi connectivity index (χ0n) is 10.9. The van der Waals surface area contributed by atoms with Crippen molar-refractivity contribution in [3.63, 3.8) is 0 Å². The number of hydrogen-bond donors (Lipinski definition) is 1. The Labute approximate surface area is 138 Å². The highest BCUT2D eigenvalue weighted by Crippen LogP contribution is 2.36. The SMILES string of the molecule is OCc1c(-c2ccccc2Br)noc1-c1cccc(Br)c1. The number of benzene rings is 2. The molecule has 0 amide bonds. The fraction of sp³-hybridized carbons (Fsp3) is 0.0625. The summed E-state index contributed by atoms with van der Waals surface area (Å²) in [7, 11) is 0. The van der Waals surface area contributed by atoms with Crippen molar-refractivity contribution in [1.29, 1.82) is 0 Å². The number of halogens is 2. The summed E-state index contributed by atoms with van der Waals surface area (Å²) in [4.78, 5) is 0. The van der Waals surface area contributed by atoms with Crippen molar-refractivity contribution in [3.05, 3.63) is 63.0 Å². The van der Waals surface area contributed by atoms with Gasteiger partial charge in [0, 0.05) is 20.1 Å². The molecule has 106 valence electrons. The highest BCUT2D eigenvalue weighted by Gasteiger charge is 2.19. The first-order valence-corrected chi connectivity index (χ1v) is 7.89. The zero-order chi connectivity index (χ0) is 14.8. The second-order valence-electron chi connectivity index (χ2n) is 4.49. The van der Waals surface area contributed by atoms with Crippen LogP contribution in [0.25, 0.3) is 22.6 Å². The molecule has 1 N–H and O–H groups in total. The normalized spacial score (nSPS) is 10.8. The fourth-order valence-corrected chi connectivity index (χ4v) is 3.05. The topological polar surface area (TPSA) is 46.3 Å². The molecule has 5 heteroatoms. The van der Waals surface area contributed by atoms with Crippen molar-refractivity contribution < 1.29 is 9.63 Å². The largest absolute Gasteiger partial charge is 0.391 e. The van der Waals surface area contributed by atoms with Gasteiger partial charge in [0.25, 0.3) is 0 Å². The maximum absolute atomic E-state index is 9.74. The number of nitrogens with zero attached hydrogens (tertiary/aromatic N) is 1. The zero-order valence-corrected chi connectivity index (χ0v) is 14.1.